The van der Waals surface area contributed by atoms with Gasteiger partial charge in [-0.05, 0) is 49.4 Å². The molecule has 0 atom stereocenters. The van der Waals surface area contributed by atoms with E-state index in [1.54, 1.807) is 4.90 Å². The standard InChI is InChI=1S/C23H27N3O3S2/c1-16-13-17(2)21-20(14-16)30-23(24-21)26(15-18-7-5-4-6-8-18)22(27)19-9-11-25(12-10-19)31(3,28)29/h4-8,13-14,19H,9-12,15H2,1-3H3. The van der Waals surface area contributed by atoms with Crippen molar-refractivity contribution in [3.05, 3.63) is 59.2 Å². The lowest BCUT2D eigenvalue weighted by molar-refractivity contribution is -0.123. The molecule has 1 fully saturated rings. The topological polar surface area (TPSA) is 70.6 Å². The van der Waals surface area contributed by atoms with Crippen LogP contribution < -0.4 is 4.90 Å². The van der Waals surface area contributed by atoms with E-state index in [4.69, 9.17) is 4.98 Å². The molecule has 4 rings (SSSR count). The molecule has 6 nitrogen and oxygen atoms in total. The van der Waals surface area contributed by atoms with E-state index in [2.05, 4.69) is 19.1 Å². The van der Waals surface area contributed by atoms with Crippen LogP contribution in [0.5, 0.6) is 0 Å². The lowest BCUT2D eigenvalue weighted by atomic mass is 9.96. The maximum atomic E-state index is 13.6. The van der Waals surface area contributed by atoms with Crippen LogP contribution in [-0.4, -0.2) is 43.0 Å². The second-order valence-corrected chi connectivity index (χ2v) is 11.3. The molecule has 0 radical (unpaired) electrons. The molecule has 0 saturated carbocycles. The molecule has 1 amide bonds. The van der Waals surface area contributed by atoms with Gasteiger partial charge < -0.3 is 0 Å². The molecule has 0 spiro atoms. The summed E-state index contributed by atoms with van der Waals surface area (Å²) in [6, 6.07) is 14.1. The van der Waals surface area contributed by atoms with Crippen molar-refractivity contribution in [2.45, 2.75) is 33.2 Å². The van der Waals surface area contributed by atoms with Crippen molar-refractivity contribution in [1.29, 1.82) is 0 Å². The summed E-state index contributed by atoms with van der Waals surface area (Å²) in [5, 5.41) is 0.697. The second kappa shape index (κ2) is 8.68. The molecule has 0 unspecified atom stereocenters. The number of sulfonamides is 1. The van der Waals surface area contributed by atoms with Gasteiger partial charge in [-0.25, -0.2) is 17.7 Å². The van der Waals surface area contributed by atoms with E-state index in [0.29, 0.717) is 37.6 Å². The third-order valence-corrected chi connectivity index (χ3v) is 8.10. The van der Waals surface area contributed by atoms with Gasteiger partial charge in [0, 0.05) is 19.0 Å². The molecule has 0 bridgehead atoms. The quantitative estimate of drug-likeness (QED) is 0.578. The molecular weight excluding hydrogens is 430 g/mol. The summed E-state index contributed by atoms with van der Waals surface area (Å²) >= 11 is 1.54. The number of hydrogen-bond donors (Lipinski definition) is 0. The molecule has 0 N–H and O–H groups in total. The van der Waals surface area contributed by atoms with Crippen LogP contribution in [0.1, 0.15) is 29.5 Å². The van der Waals surface area contributed by atoms with Crippen molar-refractivity contribution in [3.63, 3.8) is 0 Å². The van der Waals surface area contributed by atoms with E-state index in [-0.39, 0.29) is 11.8 Å². The predicted octanol–water partition coefficient (Wildman–Crippen LogP) is 4.12. The molecule has 164 valence electrons. The number of hydrogen-bond acceptors (Lipinski definition) is 5. The third-order valence-electron chi connectivity index (χ3n) is 5.77. The second-order valence-electron chi connectivity index (χ2n) is 8.27. The average molecular weight is 458 g/mol. The number of amides is 1. The number of aromatic nitrogens is 1. The van der Waals surface area contributed by atoms with E-state index >= 15 is 0 Å². The van der Waals surface area contributed by atoms with Crippen molar-refractivity contribution in [1.82, 2.24) is 9.29 Å². The van der Waals surface area contributed by atoms with Crippen LogP contribution in [-0.2, 0) is 21.4 Å². The number of carbonyl (C=O) groups excluding carboxylic acids is 1. The zero-order valence-electron chi connectivity index (χ0n) is 18.0. The number of anilines is 1. The fraction of sp³-hybridized carbons (Fsp3) is 0.391. The van der Waals surface area contributed by atoms with E-state index in [1.807, 2.05) is 37.3 Å². The Bertz CT molecular complexity index is 1200. The fourth-order valence-corrected chi connectivity index (χ4v) is 6.16. The van der Waals surface area contributed by atoms with Crippen molar-refractivity contribution >= 4 is 42.6 Å². The first-order valence-electron chi connectivity index (χ1n) is 10.4. The summed E-state index contributed by atoms with van der Waals surface area (Å²) in [6.07, 6.45) is 2.28. The first-order valence-corrected chi connectivity index (χ1v) is 13.1. The Kier molecular flexibility index (Phi) is 6.14. The predicted molar refractivity (Wildman–Crippen MR) is 126 cm³/mol. The highest BCUT2D eigenvalue weighted by Crippen LogP contribution is 2.34. The minimum absolute atomic E-state index is 0.0189. The van der Waals surface area contributed by atoms with Gasteiger partial charge in [0.1, 0.15) is 0 Å². The van der Waals surface area contributed by atoms with Crippen LogP contribution in [0, 0.1) is 19.8 Å². The van der Waals surface area contributed by atoms with Crippen LogP contribution >= 0.6 is 11.3 Å². The van der Waals surface area contributed by atoms with Gasteiger partial charge in [0.15, 0.2) is 5.13 Å². The van der Waals surface area contributed by atoms with E-state index in [0.717, 1.165) is 21.3 Å². The smallest absolute Gasteiger partial charge is 0.232 e. The molecule has 8 heteroatoms. The molecule has 1 aliphatic rings. The summed E-state index contributed by atoms with van der Waals surface area (Å²) < 4.78 is 26.2. The normalized spacial score (nSPS) is 16.0. The van der Waals surface area contributed by atoms with Gasteiger partial charge in [-0.15, -0.1) is 0 Å². The Labute approximate surface area is 187 Å². The minimum Gasteiger partial charge on any atom is -0.283 e. The number of piperidine rings is 1. The van der Waals surface area contributed by atoms with Gasteiger partial charge in [-0.2, -0.15) is 0 Å². The first kappa shape index (κ1) is 21.9. The van der Waals surface area contributed by atoms with E-state index in [9.17, 15) is 13.2 Å². The number of aryl methyl sites for hydroxylation is 2. The maximum absolute atomic E-state index is 13.6. The van der Waals surface area contributed by atoms with Gasteiger partial charge in [0.05, 0.1) is 23.0 Å². The molecule has 3 aromatic rings. The zero-order chi connectivity index (χ0) is 22.2. The maximum Gasteiger partial charge on any atom is 0.232 e. The minimum atomic E-state index is -3.22. The molecule has 1 aliphatic heterocycles. The summed E-state index contributed by atoms with van der Waals surface area (Å²) in [5.74, 6) is -0.193. The number of benzene rings is 2. The first-order chi connectivity index (χ1) is 14.7. The Morgan fingerprint density at radius 1 is 1.16 bits per heavy atom. The van der Waals surface area contributed by atoms with Crippen LogP contribution in [0.2, 0.25) is 0 Å². The largest absolute Gasteiger partial charge is 0.283 e. The number of carbonyl (C=O) groups is 1. The monoisotopic (exact) mass is 457 g/mol. The summed E-state index contributed by atoms with van der Waals surface area (Å²) in [5.41, 5.74) is 4.25. The lowest BCUT2D eigenvalue weighted by Crippen LogP contribution is -2.44. The third kappa shape index (κ3) is 4.81. The van der Waals surface area contributed by atoms with E-state index < -0.39 is 10.0 Å². The van der Waals surface area contributed by atoms with Crippen LogP contribution in [0.15, 0.2) is 42.5 Å². The SMILES string of the molecule is Cc1cc(C)c2nc(N(Cc3ccccc3)C(=O)C3CCN(S(C)(=O)=O)CC3)sc2c1. The number of thiazole rings is 1. The van der Waals surface area contributed by atoms with Crippen LogP contribution in [0.25, 0.3) is 10.2 Å². The summed E-state index contributed by atoms with van der Waals surface area (Å²) in [7, 11) is -3.22. The van der Waals surface area contributed by atoms with Gasteiger partial charge >= 0.3 is 0 Å². The van der Waals surface area contributed by atoms with Crippen molar-refractivity contribution in [2.75, 3.05) is 24.2 Å². The Morgan fingerprint density at radius 2 is 1.84 bits per heavy atom. The lowest BCUT2D eigenvalue weighted by Gasteiger charge is -2.32. The average Bonchev–Trinajstić information content (AvgIpc) is 3.16. The van der Waals surface area contributed by atoms with Crippen molar-refractivity contribution in [2.24, 2.45) is 5.92 Å². The van der Waals surface area contributed by atoms with Crippen LogP contribution in [0.3, 0.4) is 0 Å². The molecular formula is C23H27N3O3S2. The van der Waals surface area contributed by atoms with Crippen molar-refractivity contribution in [3.8, 4) is 0 Å². The van der Waals surface area contributed by atoms with Gasteiger partial charge in [0.25, 0.3) is 0 Å². The highest BCUT2D eigenvalue weighted by atomic mass is 32.2. The molecule has 2 aromatic carbocycles. The van der Waals surface area contributed by atoms with Gasteiger partial charge in [-0.1, -0.05) is 47.7 Å². The molecule has 1 saturated heterocycles. The summed E-state index contributed by atoms with van der Waals surface area (Å²) in [6.45, 7) is 5.32. The van der Waals surface area contributed by atoms with Gasteiger partial charge in [0.2, 0.25) is 15.9 Å². The Morgan fingerprint density at radius 3 is 2.48 bits per heavy atom. The molecule has 1 aromatic heterocycles. The fourth-order valence-electron chi connectivity index (χ4n) is 4.13. The number of rotatable bonds is 5. The number of fused-ring (bicyclic) bond motifs is 1. The van der Waals surface area contributed by atoms with Crippen molar-refractivity contribution < 1.29 is 13.2 Å². The van der Waals surface area contributed by atoms with Crippen LogP contribution in [0.4, 0.5) is 5.13 Å². The van der Waals surface area contributed by atoms with E-state index in [1.165, 1.54) is 27.5 Å². The molecule has 0 aliphatic carbocycles. The highest BCUT2D eigenvalue weighted by Gasteiger charge is 2.33. The summed E-state index contributed by atoms with van der Waals surface area (Å²) in [4.78, 5) is 20.2. The Hall–Kier alpha value is -2.29. The number of nitrogens with zero attached hydrogens (tertiary/aromatic N) is 3. The highest BCUT2D eigenvalue weighted by molar-refractivity contribution is 7.88. The molecule has 31 heavy (non-hydrogen) atoms. The Balaban J connectivity index is 1.65. The molecule has 2 heterocycles. The zero-order valence-corrected chi connectivity index (χ0v) is 19.7. The van der Waals surface area contributed by atoms with Gasteiger partial charge in [-0.3, -0.25) is 9.69 Å².